The van der Waals surface area contributed by atoms with Crippen molar-refractivity contribution in [3.63, 3.8) is 0 Å². The zero-order chi connectivity index (χ0) is 76.8. The highest BCUT2D eigenvalue weighted by molar-refractivity contribution is 5.99. The topological polar surface area (TPSA) is 649 Å². The molecule has 0 radical (unpaired) electrons. The van der Waals surface area contributed by atoms with Crippen LogP contribution in [-0.4, -0.2) is 199 Å². The number of hydrogen-bond donors (Lipinski definition) is 22. The van der Waals surface area contributed by atoms with Gasteiger partial charge in [-0.1, -0.05) is 89.1 Å². The fraction of sp³-hybridized carbons (Fsp3) is 0.567. The number of hydrogen-bond acceptors (Lipinski definition) is 16. The molecule has 1 saturated heterocycles. The molecule has 1 aliphatic heterocycles. The number of aromatic amines is 1. The lowest BCUT2D eigenvalue weighted by Crippen LogP contribution is -2.62. The molecular weight excluding hydrogens is 1340 g/mol. The van der Waals surface area contributed by atoms with Crippen LogP contribution in [0, 0.1) is 11.8 Å². The van der Waals surface area contributed by atoms with Gasteiger partial charge >= 0.3 is 5.97 Å². The van der Waals surface area contributed by atoms with Gasteiger partial charge in [-0.2, -0.15) is 0 Å². The Morgan fingerprint density at radius 1 is 0.442 bits per heavy atom. The van der Waals surface area contributed by atoms with Gasteiger partial charge in [-0.25, -0.2) is 4.79 Å². The van der Waals surface area contributed by atoms with Crippen LogP contribution in [0.1, 0.15) is 129 Å². The third kappa shape index (κ3) is 30.7. The van der Waals surface area contributed by atoms with E-state index in [-0.39, 0.29) is 146 Å². The Hall–Kier alpha value is -11.0. The largest absolute Gasteiger partial charge is 0.480 e. The van der Waals surface area contributed by atoms with Crippen molar-refractivity contribution in [1.29, 1.82) is 0 Å². The van der Waals surface area contributed by atoms with E-state index in [0.29, 0.717) is 24.9 Å². The number of H-pyrrole nitrogens is 1. The molecule has 0 bridgehead atoms. The number of benzene rings is 2. The number of fused-ring (bicyclic) bond motifs is 1. The number of aromatic nitrogens is 1. The van der Waals surface area contributed by atoms with Gasteiger partial charge in [0, 0.05) is 62.7 Å². The number of carboxylic acid groups (broad SMARTS) is 1. The van der Waals surface area contributed by atoms with Gasteiger partial charge < -0.3 is 121 Å². The number of para-hydroxylation sites is 1. The number of aliphatic carboxylic acids is 1. The summed E-state index contributed by atoms with van der Waals surface area (Å²) in [5.41, 5.74) is 57.9. The van der Waals surface area contributed by atoms with Crippen molar-refractivity contribution in [3.05, 3.63) is 71.9 Å². The van der Waals surface area contributed by atoms with E-state index in [2.05, 4.69) is 83.1 Å². The fourth-order valence-corrected chi connectivity index (χ4v) is 11.3. The molecule has 104 heavy (non-hydrogen) atoms. The number of aliphatic imine (C=N–C) groups is 5. The molecule has 2 heterocycles. The number of carbonyl (C=O) groups excluding carboxylic acids is 9. The Kier molecular flexibility index (Phi) is 37.0. The van der Waals surface area contributed by atoms with Crippen molar-refractivity contribution < 1.29 is 53.1 Å². The van der Waals surface area contributed by atoms with E-state index < -0.39 is 131 Å². The molecule has 3 aromatic rings. The van der Waals surface area contributed by atoms with E-state index >= 15 is 9.59 Å². The van der Waals surface area contributed by atoms with Crippen molar-refractivity contribution in [2.24, 2.45) is 94.1 Å². The van der Waals surface area contributed by atoms with E-state index in [0.717, 1.165) is 22.9 Å². The SMILES string of the molecule is CC[C@H](C)[C@H](NC(=O)[C@H](CCCN=C(N)N)NC(=O)[C@@H](NC(=O)[C@H](CCCN=C(N)N)NC(=O)[C@H](CCCN=C(N)N)NC(=O)[C@H](Cc1c[nH]c2ccccc12)NC(=O)[C@H](Cc1ccccc1)NC(=O)[C@@H]1CCCN1)[C@@H](C)CC)C(=O)N[C@@H](CCCN=C(N)N)C(=O)N[C@@H](CCCN=C(N)N)C(=O)O. The molecule has 574 valence electrons. The minimum Gasteiger partial charge on any atom is -0.480 e. The lowest BCUT2D eigenvalue weighted by Gasteiger charge is -2.31. The van der Waals surface area contributed by atoms with E-state index in [9.17, 15) is 43.5 Å². The number of guanidine groups is 5. The Morgan fingerprint density at radius 2 is 0.788 bits per heavy atom. The van der Waals surface area contributed by atoms with E-state index in [1.165, 1.54) is 0 Å². The van der Waals surface area contributed by atoms with Gasteiger partial charge in [0.05, 0.1) is 6.04 Å². The van der Waals surface area contributed by atoms with Gasteiger partial charge in [-0.05, 0) is 113 Å². The van der Waals surface area contributed by atoms with E-state index in [1.807, 2.05) is 42.5 Å². The molecule has 0 unspecified atom stereocenters. The lowest BCUT2D eigenvalue weighted by atomic mass is 9.95. The van der Waals surface area contributed by atoms with E-state index in [1.54, 1.807) is 46.0 Å². The second-order valence-electron chi connectivity index (χ2n) is 25.7. The monoisotopic (exact) mass is 1450 g/mol. The average Bonchev–Trinajstić information content (AvgIpc) is 1.64. The maximum atomic E-state index is 15.1. The Balaban J connectivity index is 1.71. The number of carboxylic acids is 1. The molecule has 37 nitrogen and oxygen atoms in total. The first-order chi connectivity index (χ1) is 49.5. The van der Waals surface area contributed by atoms with Crippen LogP contribution < -0.4 is 111 Å². The molecule has 1 aromatic heterocycles. The highest BCUT2D eigenvalue weighted by Gasteiger charge is 2.38. The standard InChI is InChI=1S/C67H110N26O11/c1-5-37(3)51(60(101)87-45(24-14-30-80-64(70)71)55(96)89-48(62(103)104)27-17-33-83-67(76)77)93-57(98)47(26-16-32-82-66(74)75)88-61(102)52(38(4)6-2)92-56(97)46(25-15-31-81-65(72)73)85-54(95)44(23-13-29-79-63(68)69)86-59(100)50(35-40-36-84-42-21-11-10-20-41(40)42)91-58(99)49(34-39-18-8-7-9-19-39)90-53(94)43-22-12-28-78-43/h7-11,18-21,36-38,43-52,78,84H,5-6,12-17,22-35H2,1-4H3,(H,85,95)(H,86,100)(H,87,101)(H,88,102)(H,89,96)(H,90,94)(H,91,99)(H,92,97)(H,93,98)(H,103,104)(H4,68,69,79)(H4,70,71,80)(H4,72,73,81)(H4,74,75,82)(H4,76,77,83)/t37-,38-,43-,44-,45-,46-,47-,48-,49-,50-,51-,52-/m0/s1. The number of amides is 9. The molecule has 12 atom stereocenters. The third-order valence-electron chi connectivity index (χ3n) is 17.5. The maximum Gasteiger partial charge on any atom is 0.326 e. The van der Waals surface area contributed by atoms with Crippen molar-refractivity contribution in [1.82, 2.24) is 58.2 Å². The summed E-state index contributed by atoms with van der Waals surface area (Å²) in [7, 11) is 0. The van der Waals surface area contributed by atoms with Gasteiger partial charge in [0.1, 0.15) is 54.4 Å². The van der Waals surface area contributed by atoms with Gasteiger partial charge in [0.15, 0.2) is 29.8 Å². The van der Waals surface area contributed by atoms with Crippen LogP contribution in [0.15, 0.2) is 85.8 Å². The summed E-state index contributed by atoms with van der Waals surface area (Å²) >= 11 is 0. The van der Waals surface area contributed by atoms with Crippen LogP contribution in [-0.2, 0) is 60.8 Å². The zero-order valence-electron chi connectivity index (χ0n) is 59.8. The Bertz CT molecular complexity index is 3450. The third-order valence-corrected chi connectivity index (χ3v) is 17.5. The molecule has 9 amide bonds. The Labute approximate surface area is 604 Å². The summed E-state index contributed by atoms with van der Waals surface area (Å²) in [4.78, 5) is 167. The summed E-state index contributed by atoms with van der Waals surface area (Å²) in [5, 5.41) is 38.7. The molecule has 1 fully saturated rings. The van der Waals surface area contributed by atoms with Crippen LogP contribution in [0.3, 0.4) is 0 Å². The number of carbonyl (C=O) groups is 10. The van der Waals surface area contributed by atoms with Crippen molar-refractivity contribution in [2.75, 3.05) is 39.3 Å². The number of rotatable bonds is 47. The van der Waals surface area contributed by atoms with Gasteiger partial charge in [-0.3, -0.25) is 68.1 Å². The minimum atomic E-state index is -1.47. The molecule has 37 heteroatoms. The predicted octanol–water partition coefficient (Wildman–Crippen LogP) is -4.49. The van der Waals surface area contributed by atoms with Crippen LogP contribution in [0.4, 0.5) is 0 Å². The van der Waals surface area contributed by atoms with Crippen molar-refractivity contribution in [2.45, 2.75) is 191 Å². The number of nitrogens with one attached hydrogen (secondary N) is 11. The summed E-state index contributed by atoms with van der Waals surface area (Å²) in [6.07, 6.45) is 3.59. The van der Waals surface area contributed by atoms with Crippen LogP contribution in [0.5, 0.6) is 0 Å². The molecule has 0 spiro atoms. The maximum absolute atomic E-state index is 15.1. The smallest absolute Gasteiger partial charge is 0.326 e. The molecular formula is C67H110N26O11. The van der Waals surface area contributed by atoms with Crippen LogP contribution in [0.25, 0.3) is 10.9 Å². The predicted molar refractivity (Wildman–Crippen MR) is 397 cm³/mol. The van der Waals surface area contributed by atoms with Crippen molar-refractivity contribution >= 4 is 99.8 Å². The first-order valence-corrected chi connectivity index (χ1v) is 35.1. The first-order valence-electron chi connectivity index (χ1n) is 35.1. The fourth-order valence-electron chi connectivity index (χ4n) is 11.3. The second-order valence-corrected chi connectivity index (χ2v) is 25.7. The lowest BCUT2D eigenvalue weighted by molar-refractivity contribution is -0.142. The van der Waals surface area contributed by atoms with Crippen molar-refractivity contribution in [3.8, 4) is 0 Å². The van der Waals surface area contributed by atoms with Gasteiger partial charge in [0.25, 0.3) is 0 Å². The normalized spacial score (nSPS) is 15.6. The zero-order valence-corrected chi connectivity index (χ0v) is 59.8. The van der Waals surface area contributed by atoms with Gasteiger partial charge in [0.2, 0.25) is 53.2 Å². The van der Waals surface area contributed by atoms with Crippen LogP contribution in [0.2, 0.25) is 0 Å². The number of nitrogens with zero attached hydrogens (tertiary/aromatic N) is 5. The Morgan fingerprint density at radius 3 is 1.17 bits per heavy atom. The average molecular weight is 1460 g/mol. The second kappa shape index (κ2) is 45.1. The molecule has 2 aromatic carbocycles. The summed E-state index contributed by atoms with van der Waals surface area (Å²) < 4.78 is 0. The quantitative estimate of drug-likeness (QED) is 0.0144. The van der Waals surface area contributed by atoms with Gasteiger partial charge in [-0.15, -0.1) is 0 Å². The summed E-state index contributed by atoms with van der Waals surface area (Å²) in [6, 6.07) is 3.31. The highest BCUT2D eigenvalue weighted by atomic mass is 16.4. The van der Waals surface area contributed by atoms with E-state index in [4.69, 9.17) is 57.3 Å². The summed E-state index contributed by atoms with van der Waals surface area (Å²) in [6.45, 7) is 7.54. The molecule has 0 aliphatic carbocycles. The minimum absolute atomic E-state index is 0.00469. The first kappa shape index (κ1) is 85.4. The summed E-state index contributed by atoms with van der Waals surface area (Å²) in [5.74, 6) is -10.9. The van der Waals surface area contributed by atoms with Crippen LogP contribution >= 0.6 is 0 Å². The number of nitrogens with two attached hydrogens (primary N) is 10. The highest BCUT2D eigenvalue weighted by Crippen LogP contribution is 2.21. The molecule has 1 aliphatic rings. The molecule has 0 saturated carbocycles. The molecule has 32 N–H and O–H groups in total. The molecule has 4 rings (SSSR count).